The Morgan fingerprint density at radius 1 is 1.00 bits per heavy atom. The lowest BCUT2D eigenvalue weighted by molar-refractivity contribution is 0.122. The van der Waals surface area contributed by atoms with Gasteiger partial charge in [0.1, 0.15) is 0 Å². The molecule has 0 radical (unpaired) electrons. The van der Waals surface area contributed by atoms with Crippen LogP contribution >= 0.6 is 11.8 Å². The number of nitrogens with zero attached hydrogens (tertiary/aromatic N) is 4. The van der Waals surface area contributed by atoms with Gasteiger partial charge in [-0.3, -0.25) is 4.57 Å². The van der Waals surface area contributed by atoms with Gasteiger partial charge < -0.3 is 9.64 Å². The molecule has 1 fully saturated rings. The molecule has 1 aromatic heterocycles. The van der Waals surface area contributed by atoms with Crippen LogP contribution in [0.15, 0.2) is 53.7 Å². The van der Waals surface area contributed by atoms with Crippen molar-refractivity contribution >= 4 is 17.7 Å². The largest absolute Gasteiger partial charge is 0.378 e. The van der Waals surface area contributed by atoms with Gasteiger partial charge in [0.2, 0.25) is 5.95 Å². The van der Waals surface area contributed by atoms with Crippen molar-refractivity contribution in [2.75, 3.05) is 31.2 Å². The predicted molar refractivity (Wildman–Crippen MR) is 110 cm³/mol. The van der Waals surface area contributed by atoms with E-state index in [9.17, 15) is 0 Å². The van der Waals surface area contributed by atoms with E-state index in [4.69, 9.17) is 4.74 Å². The second kappa shape index (κ2) is 8.15. The first-order valence-electron chi connectivity index (χ1n) is 9.25. The van der Waals surface area contributed by atoms with Crippen molar-refractivity contribution < 1.29 is 4.74 Å². The number of hydrogen-bond acceptors (Lipinski definition) is 5. The molecule has 1 aliphatic rings. The molecule has 0 unspecified atom stereocenters. The summed E-state index contributed by atoms with van der Waals surface area (Å²) >= 11 is 1.73. The zero-order chi connectivity index (χ0) is 18.6. The third kappa shape index (κ3) is 4.01. The maximum atomic E-state index is 5.51. The first kappa shape index (κ1) is 18.1. The average Bonchev–Trinajstić information content (AvgIpc) is 3.12. The van der Waals surface area contributed by atoms with Gasteiger partial charge in [-0.2, -0.15) is 0 Å². The monoisotopic (exact) mass is 380 g/mol. The predicted octanol–water partition coefficient (Wildman–Crippen LogP) is 4.01. The quantitative estimate of drug-likeness (QED) is 0.626. The summed E-state index contributed by atoms with van der Waals surface area (Å²) in [6.45, 7) is 7.40. The summed E-state index contributed by atoms with van der Waals surface area (Å²) in [7, 11) is 0. The molecule has 1 aliphatic heterocycles. The van der Waals surface area contributed by atoms with Crippen molar-refractivity contribution in [3.63, 3.8) is 0 Å². The van der Waals surface area contributed by atoms with Crippen LogP contribution in [0.2, 0.25) is 0 Å². The Labute approximate surface area is 164 Å². The number of thioether (sulfide) groups is 1. The number of benzene rings is 2. The molecule has 0 spiro atoms. The molecule has 0 aliphatic carbocycles. The number of rotatable bonds is 5. The van der Waals surface area contributed by atoms with Crippen LogP contribution in [0.4, 0.5) is 5.95 Å². The normalized spacial score (nSPS) is 14.5. The Morgan fingerprint density at radius 2 is 1.81 bits per heavy atom. The minimum absolute atomic E-state index is 0.729. The number of morpholine rings is 1. The fourth-order valence-electron chi connectivity index (χ4n) is 3.23. The van der Waals surface area contributed by atoms with Gasteiger partial charge in [-0.05, 0) is 42.7 Å². The summed E-state index contributed by atoms with van der Waals surface area (Å²) in [6.07, 6.45) is 0. The first-order chi connectivity index (χ1) is 13.2. The lowest BCUT2D eigenvalue weighted by Crippen LogP contribution is -2.37. The maximum Gasteiger partial charge on any atom is 0.232 e. The molecule has 0 N–H and O–H groups in total. The van der Waals surface area contributed by atoms with Crippen molar-refractivity contribution in [3.05, 3.63) is 65.2 Å². The van der Waals surface area contributed by atoms with E-state index in [1.54, 1.807) is 11.8 Å². The first-order valence-corrected chi connectivity index (χ1v) is 10.2. The molecule has 5 nitrogen and oxygen atoms in total. The smallest absolute Gasteiger partial charge is 0.232 e. The van der Waals surface area contributed by atoms with Gasteiger partial charge >= 0.3 is 0 Å². The molecule has 3 aromatic rings. The molecular formula is C21H24N4OS. The van der Waals surface area contributed by atoms with Crippen LogP contribution in [0.3, 0.4) is 0 Å². The molecule has 4 rings (SSSR count). The molecule has 0 bridgehead atoms. The van der Waals surface area contributed by atoms with Crippen molar-refractivity contribution in [1.29, 1.82) is 0 Å². The molecular weight excluding hydrogens is 356 g/mol. The second-order valence-electron chi connectivity index (χ2n) is 6.77. The summed E-state index contributed by atoms with van der Waals surface area (Å²) in [6, 6.07) is 17.0. The molecule has 0 amide bonds. The van der Waals surface area contributed by atoms with E-state index in [0.29, 0.717) is 0 Å². The lowest BCUT2D eigenvalue weighted by Gasteiger charge is -2.28. The maximum absolute atomic E-state index is 5.51. The van der Waals surface area contributed by atoms with Gasteiger partial charge in [0.05, 0.1) is 18.9 Å². The van der Waals surface area contributed by atoms with Crippen LogP contribution in [0.5, 0.6) is 0 Å². The molecule has 0 saturated carbocycles. The molecule has 140 valence electrons. The van der Waals surface area contributed by atoms with E-state index in [-0.39, 0.29) is 0 Å². The van der Waals surface area contributed by atoms with Gasteiger partial charge in [-0.15, -0.1) is 10.2 Å². The number of aryl methyl sites for hydroxylation is 2. The number of ether oxygens (including phenoxy) is 1. The average molecular weight is 381 g/mol. The topological polar surface area (TPSA) is 43.2 Å². The minimum atomic E-state index is 0.729. The van der Waals surface area contributed by atoms with Crippen molar-refractivity contribution in [3.8, 4) is 5.69 Å². The summed E-state index contributed by atoms with van der Waals surface area (Å²) in [5.74, 6) is 1.77. The van der Waals surface area contributed by atoms with E-state index < -0.39 is 0 Å². The summed E-state index contributed by atoms with van der Waals surface area (Å²) in [5, 5.41) is 10.0. The van der Waals surface area contributed by atoms with E-state index >= 15 is 0 Å². The molecule has 6 heteroatoms. The van der Waals surface area contributed by atoms with E-state index in [0.717, 1.165) is 48.8 Å². The van der Waals surface area contributed by atoms with Crippen LogP contribution in [0, 0.1) is 13.8 Å². The number of anilines is 1. The van der Waals surface area contributed by atoms with Gasteiger partial charge in [0.25, 0.3) is 0 Å². The van der Waals surface area contributed by atoms with Gasteiger partial charge in [0.15, 0.2) is 5.16 Å². The van der Waals surface area contributed by atoms with E-state index in [1.165, 1.54) is 16.7 Å². The highest BCUT2D eigenvalue weighted by Gasteiger charge is 2.22. The third-order valence-electron chi connectivity index (χ3n) is 4.79. The zero-order valence-electron chi connectivity index (χ0n) is 15.8. The number of hydrogen-bond donors (Lipinski definition) is 0. The molecule has 2 aromatic carbocycles. The second-order valence-corrected chi connectivity index (χ2v) is 7.71. The molecule has 1 saturated heterocycles. The van der Waals surface area contributed by atoms with Crippen LogP contribution in [0.1, 0.15) is 16.7 Å². The Balaban J connectivity index is 1.68. The minimum Gasteiger partial charge on any atom is -0.378 e. The van der Waals surface area contributed by atoms with Crippen LogP contribution in [-0.2, 0) is 10.5 Å². The van der Waals surface area contributed by atoms with Crippen LogP contribution < -0.4 is 4.90 Å². The standard InChI is InChI=1S/C21H24N4OS/c1-16-6-5-9-19(14-16)25-20(24-10-12-26-13-11-24)22-23-21(25)27-15-18-8-4-3-7-17(18)2/h3-9,14H,10-13,15H2,1-2H3. The highest BCUT2D eigenvalue weighted by atomic mass is 32.2. The Morgan fingerprint density at radius 3 is 2.59 bits per heavy atom. The molecule has 27 heavy (non-hydrogen) atoms. The van der Waals surface area contributed by atoms with E-state index in [2.05, 4.69) is 82.0 Å². The van der Waals surface area contributed by atoms with Crippen molar-refractivity contribution in [1.82, 2.24) is 14.8 Å². The van der Waals surface area contributed by atoms with Crippen molar-refractivity contribution in [2.45, 2.75) is 24.8 Å². The summed E-state index contributed by atoms with van der Waals surface area (Å²) in [5.41, 5.74) is 4.96. The zero-order valence-corrected chi connectivity index (χ0v) is 16.6. The fourth-order valence-corrected chi connectivity index (χ4v) is 4.25. The Kier molecular flexibility index (Phi) is 5.45. The van der Waals surface area contributed by atoms with Crippen molar-refractivity contribution in [2.24, 2.45) is 0 Å². The van der Waals surface area contributed by atoms with Gasteiger partial charge in [0, 0.05) is 18.8 Å². The molecule has 2 heterocycles. The Bertz CT molecular complexity index is 918. The van der Waals surface area contributed by atoms with Gasteiger partial charge in [-0.25, -0.2) is 0 Å². The summed E-state index contributed by atoms with van der Waals surface area (Å²) < 4.78 is 7.69. The molecule has 0 atom stereocenters. The Hall–Kier alpha value is -2.31. The SMILES string of the molecule is Cc1cccc(-n2c(SCc3ccccc3C)nnc2N2CCOCC2)c1. The number of aromatic nitrogens is 3. The van der Waals surface area contributed by atoms with Crippen LogP contribution in [-0.4, -0.2) is 41.1 Å². The van der Waals surface area contributed by atoms with Crippen LogP contribution in [0.25, 0.3) is 5.69 Å². The fraction of sp³-hybridized carbons (Fsp3) is 0.333. The highest BCUT2D eigenvalue weighted by Crippen LogP contribution is 2.30. The van der Waals surface area contributed by atoms with Gasteiger partial charge in [-0.1, -0.05) is 48.2 Å². The summed E-state index contributed by atoms with van der Waals surface area (Å²) in [4.78, 5) is 2.26. The lowest BCUT2D eigenvalue weighted by atomic mass is 10.1. The third-order valence-corrected chi connectivity index (χ3v) is 5.77. The van der Waals surface area contributed by atoms with E-state index in [1.807, 2.05) is 0 Å². The highest BCUT2D eigenvalue weighted by molar-refractivity contribution is 7.98.